The molecule has 0 saturated carbocycles. The van der Waals surface area contributed by atoms with Gasteiger partial charge in [-0.15, -0.1) is 9.24 Å². The summed E-state index contributed by atoms with van der Waals surface area (Å²) in [5.74, 6) is 0. The van der Waals surface area contributed by atoms with E-state index in [0.717, 1.165) is 11.2 Å². The van der Waals surface area contributed by atoms with Crippen LogP contribution in [0, 0.1) is 0 Å². The zero-order valence-corrected chi connectivity index (χ0v) is 11.7. The standard InChI is InChI=1S/C12H21BNOP/c1-11(2,12(3,4)16)15-13-9-6-5-7-10(14)8-9/h5-8,13H,14,16H2,1-4H3. The molecule has 0 heterocycles. The Labute approximate surface area is 101 Å². The van der Waals surface area contributed by atoms with E-state index in [2.05, 4.69) is 36.9 Å². The highest BCUT2D eigenvalue weighted by molar-refractivity contribution is 7.19. The molecule has 0 aliphatic heterocycles. The van der Waals surface area contributed by atoms with Gasteiger partial charge in [0.25, 0.3) is 0 Å². The number of hydrogen-bond donors (Lipinski definition) is 1. The van der Waals surface area contributed by atoms with Crippen LogP contribution < -0.4 is 11.2 Å². The molecule has 0 spiro atoms. The van der Waals surface area contributed by atoms with E-state index in [-0.39, 0.29) is 10.8 Å². The van der Waals surface area contributed by atoms with Crippen LogP contribution in [0.2, 0.25) is 0 Å². The summed E-state index contributed by atoms with van der Waals surface area (Å²) in [5, 5.41) is 0.0350. The minimum atomic E-state index is -0.192. The van der Waals surface area contributed by atoms with E-state index in [0.29, 0.717) is 7.48 Å². The van der Waals surface area contributed by atoms with Crippen LogP contribution >= 0.6 is 9.24 Å². The van der Waals surface area contributed by atoms with Gasteiger partial charge in [0.15, 0.2) is 0 Å². The molecule has 0 bridgehead atoms. The zero-order valence-electron chi connectivity index (χ0n) is 10.6. The van der Waals surface area contributed by atoms with Gasteiger partial charge in [-0.2, -0.15) is 0 Å². The van der Waals surface area contributed by atoms with Gasteiger partial charge in [-0.05, 0) is 26.0 Å². The lowest BCUT2D eigenvalue weighted by Gasteiger charge is -2.39. The van der Waals surface area contributed by atoms with Crippen molar-refractivity contribution >= 4 is 27.9 Å². The average molecular weight is 237 g/mol. The molecule has 0 amide bonds. The molecule has 0 aliphatic rings. The Morgan fingerprint density at radius 2 is 1.88 bits per heavy atom. The molecule has 1 aromatic carbocycles. The fourth-order valence-electron chi connectivity index (χ4n) is 1.13. The first-order valence-corrected chi connectivity index (χ1v) is 6.07. The molecule has 2 nitrogen and oxygen atoms in total. The number of rotatable bonds is 4. The van der Waals surface area contributed by atoms with Crippen molar-refractivity contribution in [2.75, 3.05) is 5.73 Å². The van der Waals surface area contributed by atoms with Crippen LogP contribution in [0.4, 0.5) is 5.69 Å². The Balaban J connectivity index is 2.65. The first-order valence-electron chi connectivity index (χ1n) is 5.50. The molecular weight excluding hydrogens is 216 g/mol. The zero-order chi connectivity index (χ0) is 12.4. The second-order valence-electron chi connectivity index (χ2n) is 5.27. The first kappa shape index (κ1) is 13.5. The third-order valence-electron chi connectivity index (χ3n) is 3.10. The maximum Gasteiger partial charge on any atom is 0.309 e. The molecule has 16 heavy (non-hydrogen) atoms. The van der Waals surface area contributed by atoms with Gasteiger partial charge in [0.1, 0.15) is 0 Å². The van der Waals surface area contributed by atoms with Crippen LogP contribution in [0.25, 0.3) is 0 Å². The summed E-state index contributed by atoms with van der Waals surface area (Å²) in [4.78, 5) is 0. The molecular formula is C12H21BNOP. The number of nitrogens with two attached hydrogens (primary N) is 1. The van der Waals surface area contributed by atoms with Crippen molar-refractivity contribution in [1.29, 1.82) is 0 Å². The summed E-state index contributed by atoms with van der Waals surface area (Å²) in [6, 6.07) is 7.81. The molecule has 0 saturated heterocycles. The van der Waals surface area contributed by atoms with Gasteiger partial charge in [-0.25, -0.2) is 0 Å². The Hall–Kier alpha value is -0.525. The van der Waals surface area contributed by atoms with Crippen LogP contribution in [0.3, 0.4) is 0 Å². The van der Waals surface area contributed by atoms with Gasteiger partial charge in [-0.1, -0.05) is 31.4 Å². The summed E-state index contributed by atoms with van der Waals surface area (Å²) in [5.41, 5.74) is 7.43. The van der Waals surface area contributed by atoms with E-state index in [9.17, 15) is 0 Å². The predicted octanol–water partition coefficient (Wildman–Crippen LogP) is 1.69. The second kappa shape index (κ2) is 4.77. The number of nitrogen functional groups attached to an aromatic ring is 1. The maximum atomic E-state index is 5.96. The summed E-state index contributed by atoms with van der Waals surface area (Å²) >= 11 is 0. The summed E-state index contributed by atoms with van der Waals surface area (Å²) in [6.45, 7) is 8.51. The SMILES string of the molecule is CC(C)(P)C(C)(C)OBc1cccc(N)c1. The fraction of sp³-hybridized carbons (Fsp3) is 0.500. The van der Waals surface area contributed by atoms with Crippen molar-refractivity contribution in [3.63, 3.8) is 0 Å². The Morgan fingerprint density at radius 3 is 2.38 bits per heavy atom. The van der Waals surface area contributed by atoms with Crippen molar-refractivity contribution in [3.05, 3.63) is 24.3 Å². The lowest BCUT2D eigenvalue weighted by Crippen LogP contribution is -2.45. The smallest absolute Gasteiger partial charge is 0.309 e. The first-order chi connectivity index (χ1) is 7.22. The lowest BCUT2D eigenvalue weighted by atomic mass is 9.84. The number of anilines is 1. The number of hydrogen-bond acceptors (Lipinski definition) is 2. The van der Waals surface area contributed by atoms with E-state index < -0.39 is 0 Å². The van der Waals surface area contributed by atoms with Gasteiger partial charge in [0.2, 0.25) is 0 Å². The van der Waals surface area contributed by atoms with Crippen molar-refractivity contribution in [1.82, 2.24) is 0 Å². The Morgan fingerprint density at radius 1 is 1.25 bits per heavy atom. The van der Waals surface area contributed by atoms with Crippen molar-refractivity contribution in [2.45, 2.75) is 38.5 Å². The van der Waals surface area contributed by atoms with Crippen LogP contribution in [0.15, 0.2) is 24.3 Å². The fourth-order valence-corrected chi connectivity index (χ4v) is 1.22. The van der Waals surface area contributed by atoms with Crippen molar-refractivity contribution < 1.29 is 4.65 Å². The van der Waals surface area contributed by atoms with Gasteiger partial charge in [0, 0.05) is 10.8 Å². The molecule has 0 aliphatic carbocycles. The third kappa shape index (κ3) is 3.50. The highest BCUT2D eigenvalue weighted by Gasteiger charge is 2.33. The molecule has 2 N–H and O–H groups in total. The average Bonchev–Trinajstić information content (AvgIpc) is 2.13. The molecule has 1 atom stereocenters. The van der Waals surface area contributed by atoms with Crippen LogP contribution in [-0.2, 0) is 4.65 Å². The molecule has 0 radical (unpaired) electrons. The lowest BCUT2D eigenvalue weighted by molar-refractivity contribution is 0.0841. The van der Waals surface area contributed by atoms with Crippen molar-refractivity contribution in [2.24, 2.45) is 0 Å². The van der Waals surface area contributed by atoms with Gasteiger partial charge >= 0.3 is 7.48 Å². The molecule has 1 rings (SSSR count). The van der Waals surface area contributed by atoms with E-state index in [1.54, 1.807) is 0 Å². The second-order valence-corrected chi connectivity index (χ2v) is 6.71. The Bertz CT molecular complexity index is 360. The molecule has 1 unspecified atom stereocenters. The molecule has 4 heteroatoms. The molecule has 88 valence electrons. The van der Waals surface area contributed by atoms with E-state index in [4.69, 9.17) is 10.4 Å². The van der Waals surface area contributed by atoms with Crippen LogP contribution in [0.5, 0.6) is 0 Å². The summed E-state index contributed by atoms with van der Waals surface area (Å²) in [6.07, 6.45) is 0. The predicted molar refractivity (Wildman–Crippen MR) is 76.6 cm³/mol. The minimum Gasteiger partial charge on any atom is -0.429 e. The molecule has 0 aromatic heterocycles. The molecule has 0 fully saturated rings. The highest BCUT2D eigenvalue weighted by atomic mass is 31.0. The van der Waals surface area contributed by atoms with Crippen LogP contribution in [-0.4, -0.2) is 18.2 Å². The largest absolute Gasteiger partial charge is 0.429 e. The quantitative estimate of drug-likeness (QED) is 0.491. The van der Waals surface area contributed by atoms with Crippen molar-refractivity contribution in [3.8, 4) is 0 Å². The normalized spacial score (nSPS) is 12.6. The van der Waals surface area contributed by atoms with Gasteiger partial charge < -0.3 is 10.4 Å². The summed E-state index contributed by atoms with van der Waals surface area (Å²) < 4.78 is 5.96. The topological polar surface area (TPSA) is 35.2 Å². The number of benzene rings is 1. The summed E-state index contributed by atoms with van der Waals surface area (Å²) in [7, 11) is 3.43. The van der Waals surface area contributed by atoms with E-state index in [1.807, 2.05) is 24.3 Å². The van der Waals surface area contributed by atoms with E-state index in [1.165, 1.54) is 0 Å². The van der Waals surface area contributed by atoms with Gasteiger partial charge in [0.05, 0.1) is 5.60 Å². The third-order valence-corrected chi connectivity index (χ3v) is 3.80. The monoisotopic (exact) mass is 237 g/mol. The van der Waals surface area contributed by atoms with Crippen LogP contribution in [0.1, 0.15) is 27.7 Å². The Kier molecular flexibility index (Phi) is 4.04. The highest BCUT2D eigenvalue weighted by Crippen LogP contribution is 2.32. The minimum absolute atomic E-state index is 0.0350. The van der Waals surface area contributed by atoms with Gasteiger partial charge in [-0.3, -0.25) is 0 Å². The van der Waals surface area contributed by atoms with E-state index >= 15 is 0 Å². The molecule has 1 aromatic rings. The maximum absolute atomic E-state index is 5.96.